The standard InChI is InChI=1S/C19H31N3O9S/c1-12(24)22-10-15(28)31-17(19(2,3)11-23)18(30)21-7-6-13(25)20-8-9-32-16(29)5-4-14(26)27/h17,23H,4-11H2,1-3H3,(H,20,25)(H,21,30)(H,22,24)(H,26,27)/t17-/m0/s1. The Labute approximate surface area is 190 Å². The number of hydrogen-bond donors (Lipinski definition) is 5. The molecular formula is C19H31N3O9S. The fourth-order valence-electron chi connectivity index (χ4n) is 2.14. The van der Waals surface area contributed by atoms with Gasteiger partial charge in [-0.1, -0.05) is 25.6 Å². The van der Waals surface area contributed by atoms with Gasteiger partial charge in [-0.25, -0.2) is 0 Å². The fraction of sp³-hybridized carbons (Fsp3) is 0.684. The number of rotatable bonds is 15. The van der Waals surface area contributed by atoms with Crippen LogP contribution < -0.4 is 16.0 Å². The van der Waals surface area contributed by atoms with E-state index in [-0.39, 0.29) is 49.1 Å². The van der Waals surface area contributed by atoms with E-state index < -0.39 is 48.4 Å². The van der Waals surface area contributed by atoms with Crippen LogP contribution in [0.25, 0.3) is 0 Å². The maximum absolute atomic E-state index is 12.4. The van der Waals surface area contributed by atoms with E-state index >= 15 is 0 Å². The van der Waals surface area contributed by atoms with Crippen LogP contribution in [0, 0.1) is 5.41 Å². The van der Waals surface area contributed by atoms with Gasteiger partial charge in [0, 0.05) is 44.0 Å². The summed E-state index contributed by atoms with van der Waals surface area (Å²) in [7, 11) is 0. The predicted octanol–water partition coefficient (Wildman–Crippen LogP) is -1.20. The van der Waals surface area contributed by atoms with Crippen LogP contribution in [0.4, 0.5) is 0 Å². The largest absolute Gasteiger partial charge is 0.481 e. The van der Waals surface area contributed by atoms with Gasteiger partial charge in [-0.15, -0.1) is 0 Å². The molecule has 12 nitrogen and oxygen atoms in total. The van der Waals surface area contributed by atoms with Crippen molar-refractivity contribution in [3.63, 3.8) is 0 Å². The van der Waals surface area contributed by atoms with Gasteiger partial charge in [0.15, 0.2) is 11.2 Å². The summed E-state index contributed by atoms with van der Waals surface area (Å²) in [6.07, 6.45) is -1.74. The maximum Gasteiger partial charge on any atom is 0.326 e. The van der Waals surface area contributed by atoms with E-state index in [4.69, 9.17) is 9.84 Å². The molecule has 0 spiro atoms. The first-order valence-electron chi connectivity index (χ1n) is 9.85. The van der Waals surface area contributed by atoms with E-state index in [9.17, 15) is 33.9 Å². The molecule has 32 heavy (non-hydrogen) atoms. The Hall–Kier alpha value is -2.67. The quantitative estimate of drug-likeness (QED) is 0.141. The average Bonchev–Trinajstić information content (AvgIpc) is 2.71. The van der Waals surface area contributed by atoms with Crippen molar-refractivity contribution in [2.75, 3.05) is 32.0 Å². The number of carbonyl (C=O) groups is 6. The van der Waals surface area contributed by atoms with Crippen molar-refractivity contribution in [3.05, 3.63) is 0 Å². The normalized spacial score (nSPS) is 11.8. The van der Waals surface area contributed by atoms with Gasteiger partial charge < -0.3 is 30.9 Å². The number of ether oxygens (including phenoxy) is 1. The number of carboxylic acids is 1. The van der Waals surface area contributed by atoms with Crippen LogP contribution in [0.3, 0.4) is 0 Å². The summed E-state index contributed by atoms with van der Waals surface area (Å²) < 4.78 is 5.11. The average molecular weight is 478 g/mol. The highest BCUT2D eigenvalue weighted by atomic mass is 32.2. The molecule has 5 N–H and O–H groups in total. The van der Waals surface area contributed by atoms with E-state index in [0.29, 0.717) is 0 Å². The van der Waals surface area contributed by atoms with Gasteiger partial charge in [0.05, 0.1) is 13.0 Å². The third-order valence-electron chi connectivity index (χ3n) is 3.97. The Bertz CT molecular complexity index is 698. The topological polar surface area (TPSA) is 188 Å². The summed E-state index contributed by atoms with van der Waals surface area (Å²) in [6, 6.07) is 0. The summed E-state index contributed by atoms with van der Waals surface area (Å²) in [4.78, 5) is 68.8. The number of aliphatic carboxylic acids is 1. The minimum absolute atomic E-state index is 0.0589. The number of amides is 3. The number of esters is 1. The molecule has 0 rings (SSSR count). The molecule has 0 aliphatic rings. The second-order valence-corrected chi connectivity index (χ2v) is 8.58. The molecule has 0 aliphatic heterocycles. The lowest BCUT2D eigenvalue weighted by Gasteiger charge is -2.31. The van der Waals surface area contributed by atoms with Crippen molar-refractivity contribution < 1.29 is 43.7 Å². The lowest BCUT2D eigenvalue weighted by molar-refractivity contribution is -0.164. The van der Waals surface area contributed by atoms with E-state index in [2.05, 4.69) is 16.0 Å². The molecule has 3 amide bonds. The predicted molar refractivity (Wildman–Crippen MR) is 114 cm³/mol. The first-order chi connectivity index (χ1) is 14.9. The van der Waals surface area contributed by atoms with E-state index in [1.807, 2.05) is 0 Å². The zero-order valence-electron chi connectivity index (χ0n) is 18.4. The lowest BCUT2D eigenvalue weighted by Crippen LogP contribution is -2.49. The minimum Gasteiger partial charge on any atom is -0.481 e. The van der Waals surface area contributed by atoms with Crippen molar-refractivity contribution in [2.24, 2.45) is 5.41 Å². The van der Waals surface area contributed by atoms with E-state index in [0.717, 1.165) is 11.8 Å². The Morgan fingerprint density at radius 3 is 2.19 bits per heavy atom. The van der Waals surface area contributed by atoms with Crippen LogP contribution >= 0.6 is 11.8 Å². The minimum atomic E-state index is -1.34. The molecule has 0 bridgehead atoms. The fourth-order valence-corrected chi connectivity index (χ4v) is 2.82. The van der Waals surface area contributed by atoms with Crippen molar-refractivity contribution >= 4 is 46.5 Å². The van der Waals surface area contributed by atoms with Gasteiger partial charge in [0.1, 0.15) is 6.54 Å². The number of thioether (sulfide) groups is 1. The third-order valence-corrected chi connectivity index (χ3v) is 4.90. The zero-order valence-corrected chi connectivity index (χ0v) is 19.2. The number of hydrogen-bond acceptors (Lipinski definition) is 9. The van der Waals surface area contributed by atoms with Crippen LogP contribution in [0.1, 0.15) is 40.0 Å². The van der Waals surface area contributed by atoms with Crippen LogP contribution in [-0.2, 0) is 33.5 Å². The Morgan fingerprint density at radius 1 is 0.969 bits per heavy atom. The molecule has 0 saturated carbocycles. The Kier molecular flexibility index (Phi) is 13.9. The third kappa shape index (κ3) is 13.6. The van der Waals surface area contributed by atoms with Crippen LogP contribution in [-0.4, -0.2) is 83.1 Å². The molecule has 0 aromatic heterocycles. The molecule has 0 saturated heterocycles. The second kappa shape index (κ2) is 15.2. The van der Waals surface area contributed by atoms with Gasteiger partial charge >= 0.3 is 11.9 Å². The highest BCUT2D eigenvalue weighted by Gasteiger charge is 2.38. The molecule has 13 heteroatoms. The molecule has 1 atom stereocenters. The van der Waals surface area contributed by atoms with Crippen molar-refractivity contribution in [1.82, 2.24) is 16.0 Å². The molecule has 0 aromatic rings. The van der Waals surface area contributed by atoms with Gasteiger partial charge in [0.25, 0.3) is 5.91 Å². The molecule has 0 fully saturated rings. The molecular weight excluding hydrogens is 446 g/mol. The van der Waals surface area contributed by atoms with Gasteiger partial charge in [-0.2, -0.15) is 0 Å². The summed E-state index contributed by atoms with van der Waals surface area (Å²) in [5.41, 5.74) is -1.11. The van der Waals surface area contributed by atoms with Gasteiger partial charge in [-0.3, -0.25) is 28.8 Å². The molecule has 0 aromatic carbocycles. The van der Waals surface area contributed by atoms with Gasteiger partial charge in [0.2, 0.25) is 11.8 Å². The van der Waals surface area contributed by atoms with Crippen LogP contribution in [0.15, 0.2) is 0 Å². The summed E-state index contributed by atoms with van der Waals surface area (Å²) in [5, 5.41) is 25.0. The second-order valence-electron chi connectivity index (χ2n) is 7.43. The summed E-state index contributed by atoms with van der Waals surface area (Å²) >= 11 is 0.925. The highest BCUT2D eigenvalue weighted by molar-refractivity contribution is 8.13. The number of aliphatic hydroxyl groups excluding tert-OH is 1. The number of nitrogens with one attached hydrogen (secondary N) is 3. The van der Waals surface area contributed by atoms with E-state index in [1.54, 1.807) is 0 Å². The van der Waals surface area contributed by atoms with Crippen LogP contribution in [0.5, 0.6) is 0 Å². The number of carboxylic acid groups (broad SMARTS) is 1. The van der Waals surface area contributed by atoms with Crippen LogP contribution in [0.2, 0.25) is 0 Å². The molecule has 0 radical (unpaired) electrons. The molecule has 0 aliphatic carbocycles. The SMILES string of the molecule is CC(=O)NCC(=O)O[C@@H](C(=O)NCCC(=O)NCCSC(=O)CCC(=O)O)C(C)(C)CO. The van der Waals surface area contributed by atoms with Crippen molar-refractivity contribution in [1.29, 1.82) is 0 Å². The molecule has 182 valence electrons. The Morgan fingerprint density at radius 2 is 1.62 bits per heavy atom. The van der Waals surface area contributed by atoms with Gasteiger partial charge in [-0.05, 0) is 0 Å². The lowest BCUT2D eigenvalue weighted by atomic mass is 9.86. The first-order valence-corrected chi connectivity index (χ1v) is 10.8. The summed E-state index contributed by atoms with van der Waals surface area (Å²) in [6.45, 7) is 3.50. The monoisotopic (exact) mass is 477 g/mol. The number of aliphatic hydroxyl groups is 1. The smallest absolute Gasteiger partial charge is 0.326 e. The molecule has 0 unspecified atom stereocenters. The van der Waals surface area contributed by atoms with Crippen molar-refractivity contribution in [2.45, 2.75) is 46.1 Å². The molecule has 0 heterocycles. The summed E-state index contributed by atoms with van der Waals surface area (Å²) in [5.74, 6) is -3.15. The van der Waals surface area contributed by atoms with E-state index in [1.165, 1.54) is 20.8 Å². The highest BCUT2D eigenvalue weighted by Crippen LogP contribution is 2.23. The zero-order chi connectivity index (χ0) is 24.7. The Balaban J connectivity index is 4.39. The number of carbonyl (C=O) groups excluding carboxylic acids is 5. The first kappa shape index (κ1) is 29.3. The van der Waals surface area contributed by atoms with Crippen molar-refractivity contribution in [3.8, 4) is 0 Å². The maximum atomic E-state index is 12.4.